The standard InChI is InChI=1S/C17H34/c1-13(17(7,8)15(2,3)4)14-9-11-16(5,6)12-10-14/h13-14H,9-12H2,1-8H3/i13D. The van der Waals surface area contributed by atoms with E-state index in [-0.39, 0.29) is 16.7 Å². The average Bonchev–Trinajstić information content (AvgIpc) is 2.14. The largest absolute Gasteiger partial charge is 0.0617 e. The van der Waals surface area contributed by atoms with Gasteiger partial charge in [-0.25, -0.2) is 0 Å². The van der Waals surface area contributed by atoms with Crippen LogP contribution in [0, 0.1) is 28.1 Å². The maximum absolute atomic E-state index is 9.01. The first-order valence-corrected chi connectivity index (χ1v) is 7.31. The van der Waals surface area contributed by atoms with E-state index in [4.69, 9.17) is 1.37 Å². The molecule has 1 aliphatic carbocycles. The molecule has 1 saturated carbocycles. The lowest BCUT2D eigenvalue weighted by molar-refractivity contribution is 0.00680. The van der Waals surface area contributed by atoms with Crippen molar-refractivity contribution in [2.24, 2.45) is 28.1 Å². The summed E-state index contributed by atoms with van der Waals surface area (Å²) in [5.74, 6) is 0.224. The third kappa shape index (κ3) is 3.26. The zero-order valence-corrected chi connectivity index (χ0v) is 13.4. The number of rotatable bonds is 2. The van der Waals surface area contributed by atoms with Gasteiger partial charge in [-0.05, 0) is 53.7 Å². The van der Waals surface area contributed by atoms with Crippen LogP contribution in [0.2, 0.25) is 0 Å². The minimum atomic E-state index is -0.332. The Bertz CT molecular complexity index is 281. The Morgan fingerprint density at radius 1 is 1.06 bits per heavy atom. The van der Waals surface area contributed by atoms with Crippen molar-refractivity contribution in [2.75, 3.05) is 0 Å². The molecular weight excluding hydrogens is 204 g/mol. The van der Waals surface area contributed by atoms with Gasteiger partial charge in [0.15, 0.2) is 0 Å². The van der Waals surface area contributed by atoms with E-state index in [0.717, 1.165) is 0 Å². The van der Waals surface area contributed by atoms with Crippen molar-refractivity contribution in [3.8, 4) is 0 Å². The summed E-state index contributed by atoms with van der Waals surface area (Å²) in [5, 5.41) is 0. The first kappa shape index (κ1) is 13.4. The van der Waals surface area contributed by atoms with Gasteiger partial charge in [0.25, 0.3) is 0 Å². The lowest BCUT2D eigenvalue weighted by atomic mass is 9.56. The lowest BCUT2D eigenvalue weighted by Gasteiger charge is -2.49. The highest BCUT2D eigenvalue weighted by Crippen LogP contribution is 2.51. The Morgan fingerprint density at radius 3 is 1.82 bits per heavy atom. The topological polar surface area (TPSA) is 0 Å². The first-order chi connectivity index (χ1) is 7.81. The van der Waals surface area contributed by atoms with Crippen LogP contribution in [0.1, 0.15) is 82.4 Å². The third-order valence-corrected chi connectivity index (χ3v) is 5.81. The van der Waals surface area contributed by atoms with E-state index in [1.165, 1.54) is 25.7 Å². The van der Waals surface area contributed by atoms with Gasteiger partial charge in [-0.2, -0.15) is 0 Å². The van der Waals surface area contributed by atoms with Crippen LogP contribution < -0.4 is 0 Å². The molecule has 0 aliphatic heterocycles. The van der Waals surface area contributed by atoms with E-state index in [0.29, 0.717) is 11.3 Å². The Kier molecular flexibility index (Phi) is 3.63. The van der Waals surface area contributed by atoms with Crippen molar-refractivity contribution in [2.45, 2.75) is 81.1 Å². The molecule has 102 valence electrons. The molecule has 0 spiro atoms. The molecule has 0 heteroatoms. The zero-order valence-electron chi connectivity index (χ0n) is 14.4. The zero-order chi connectivity index (χ0) is 14.4. The molecule has 0 N–H and O–H groups in total. The lowest BCUT2D eigenvalue weighted by Crippen LogP contribution is -2.40. The normalized spacial score (nSPS) is 27.4. The highest BCUT2D eigenvalue weighted by Gasteiger charge is 2.42. The van der Waals surface area contributed by atoms with E-state index < -0.39 is 0 Å². The average molecular weight is 239 g/mol. The molecule has 0 bridgehead atoms. The van der Waals surface area contributed by atoms with E-state index in [1.807, 2.05) is 0 Å². The van der Waals surface area contributed by atoms with Gasteiger partial charge in [-0.1, -0.05) is 55.4 Å². The van der Waals surface area contributed by atoms with Gasteiger partial charge in [-0.15, -0.1) is 0 Å². The van der Waals surface area contributed by atoms with Crippen LogP contribution in [0.3, 0.4) is 0 Å². The fourth-order valence-corrected chi connectivity index (χ4v) is 2.93. The van der Waals surface area contributed by atoms with Gasteiger partial charge in [0.05, 0.1) is 0 Å². The van der Waals surface area contributed by atoms with Crippen LogP contribution in [0.15, 0.2) is 0 Å². The van der Waals surface area contributed by atoms with Crippen LogP contribution in [0.25, 0.3) is 0 Å². The van der Waals surface area contributed by atoms with Crippen LogP contribution in [-0.4, -0.2) is 0 Å². The molecule has 17 heavy (non-hydrogen) atoms. The number of hydrogen-bond acceptors (Lipinski definition) is 0. The molecule has 0 amide bonds. The first-order valence-electron chi connectivity index (χ1n) is 7.81. The number of hydrogen-bond donors (Lipinski definition) is 0. The Balaban J connectivity index is 2.88. The molecule has 0 aromatic rings. The van der Waals surface area contributed by atoms with Crippen LogP contribution in [-0.2, 0) is 0 Å². The summed E-state index contributed by atoms with van der Waals surface area (Å²) in [6.45, 7) is 18.4. The maximum atomic E-state index is 9.01. The van der Waals surface area contributed by atoms with Gasteiger partial charge in [0, 0.05) is 1.37 Å². The summed E-state index contributed by atoms with van der Waals surface area (Å²) in [4.78, 5) is 0. The molecular formula is C17H34. The molecule has 1 fully saturated rings. The molecule has 0 radical (unpaired) electrons. The fourth-order valence-electron chi connectivity index (χ4n) is 2.93. The highest BCUT2D eigenvalue weighted by atomic mass is 14.5. The molecule has 1 aliphatic rings. The predicted octanol–water partition coefficient (Wildman–Crippen LogP) is 5.91. The Labute approximate surface area is 111 Å². The third-order valence-electron chi connectivity index (χ3n) is 5.81. The monoisotopic (exact) mass is 239 g/mol. The second kappa shape index (κ2) is 4.59. The van der Waals surface area contributed by atoms with Crippen molar-refractivity contribution in [1.29, 1.82) is 0 Å². The van der Waals surface area contributed by atoms with Gasteiger partial charge in [0.2, 0.25) is 0 Å². The minimum Gasteiger partial charge on any atom is -0.0617 e. The molecule has 0 heterocycles. The van der Waals surface area contributed by atoms with Crippen molar-refractivity contribution >= 4 is 0 Å². The van der Waals surface area contributed by atoms with Gasteiger partial charge in [0.1, 0.15) is 0 Å². The van der Waals surface area contributed by atoms with Gasteiger partial charge in [-0.3, -0.25) is 0 Å². The van der Waals surface area contributed by atoms with Crippen LogP contribution >= 0.6 is 0 Å². The van der Waals surface area contributed by atoms with Gasteiger partial charge < -0.3 is 0 Å². The Morgan fingerprint density at radius 2 is 1.47 bits per heavy atom. The van der Waals surface area contributed by atoms with Gasteiger partial charge >= 0.3 is 0 Å². The molecule has 0 saturated heterocycles. The van der Waals surface area contributed by atoms with Crippen molar-refractivity contribution < 1.29 is 1.37 Å². The van der Waals surface area contributed by atoms with E-state index >= 15 is 0 Å². The van der Waals surface area contributed by atoms with Crippen molar-refractivity contribution in [3.05, 3.63) is 0 Å². The Hall–Kier alpha value is 0. The molecule has 1 rings (SSSR count). The second-order valence-corrected chi connectivity index (χ2v) is 8.50. The SMILES string of the molecule is [2H]C(C)(C1CCC(C)(C)CC1)C(C)(C)C(C)(C)C. The summed E-state index contributed by atoms with van der Waals surface area (Å²) in [5.41, 5.74) is 0.709. The molecule has 1 atom stereocenters. The van der Waals surface area contributed by atoms with E-state index in [9.17, 15) is 0 Å². The summed E-state index contributed by atoms with van der Waals surface area (Å²) in [6, 6.07) is 0. The maximum Gasteiger partial charge on any atom is 0.0308 e. The summed E-state index contributed by atoms with van der Waals surface area (Å²) in [6.07, 6.45) is 5.03. The second-order valence-electron chi connectivity index (χ2n) is 8.50. The predicted molar refractivity (Wildman–Crippen MR) is 78.1 cm³/mol. The highest BCUT2D eigenvalue weighted by molar-refractivity contribution is 4.92. The van der Waals surface area contributed by atoms with Crippen LogP contribution in [0.5, 0.6) is 0 Å². The molecule has 1 unspecified atom stereocenters. The van der Waals surface area contributed by atoms with Crippen molar-refractivity contribution in [1.82, 2.24) is 0 Å². The quantitative estimate of drug-likeness (QED) is 0.562. The van der Waals surface area contributed by atoms with Crippen LogP contribution in [0.4, 0.5) is 0 Å². The summed E-state index contributed by atoms with van der Waals surface area (Å²) >= 11 is 0. The molecule has 0 aromatic heterocycles. The van der Waals surface area contributed by atoms with E-state index in [2.05, 4.69) is 55.4 Å². The fraction of sp³-hybridized carbons (Fsp3) is 1.00. The van der Waals surface area contributed by atoms with E-state index in [1.54, 1.807) is 0 Å². The van der Waals surface area contributed by atoms with Crippen molar-refractivity contribution in [3.63, 3.8) is 0 Å². The summed E-state index contributed by atoms with van der Waals surface area (Å²) in [7, 11) is 0. The molecule has 0 nitrogen and oxygen atoms in total. The summed E-state index contributed by atoms with van der Waals surface area (Å²) < 4.78 is 9.01. The smallest absolute Gasteiger partial charge is 0.0308 e. The molecule has 0 aromatic carbocycles. The minimum absolute atomic E-state index is 0.0339.